The van der Waals surface area contributed by atoms with Crippen molar-refractivity contribution in [2.24, 2.45) is 0 Å². The second-order valence-corrected chi connectivity index (χ2v) is 9.44. The zero-order valence-electron chi connectivity index (χ0n) is 9.26. The average molecular weight is 310 g/mol. The molecular weight excluding hydrogens is 296 g/mol. The number of rotatable bonds is 4. The molecule has 0 radical (unpaired) electrons. The Balaban J connectivity index is 1.64. The third-order valence-corrected chi connectivity index (χ3v) is 8.34. The highest BCUT2D eigenvalue weighted by Crippen LogP contribution is 2.35. The van der Waals surface area contributed by atoms with Crippen LogP contribution in [0, 0.1) is 0 Å². The number of hydrogen-bond acceptors (Lipinski definition) is 7. The molecule has 0 N–H and O–H groups in total. The molecule has 3 nitrogen and oxygen atoms in total. The van der Waals surface area contributed by atoms with Gasteiger partial charge in [0.05, 0.1) is 22.0 Å². The minimum atomic E-state index is -0.366. The van der Waals surface area contributed by atoms with Crippen molar-refractivity contribution >= 4 is 59.0 Å². The quantitative estimate of drug-likeness (QED) is 0.583. The Labute approximate surface area is 118 Å². The molecule has 7 heteroatoms. The first kappa shape index (κ1) is 14.0. The summed E-state index contributed by atoms with van der Waals surface area (Å²) in [5.41, 5.74) is 0. The molecule has 2 aliphatic heterocycles. The highest BCUT2D eigenvalue weighted by Gasteiger charge is 2.24. The minimum absolute atomic E-state index is 0.283. The van der Waals surface area contributed by atoms with Gasteiger partial charge in [-0.3, -0.25) is 9.59 Å². The maximum atomic E-state index is 11.5. The summed E-state index contributed by atoms with van der Waals surface area (Å²) in [4.78, 5) is 23.0. The van der Waals surface area contributed by atoms with E-state index >= 15 is 0 Å². The average Bonchev–Trinajstić information content (AvgIpc) is 2.90. The maximum absolute atomic E-state index is 11.5. The van der Waals surface area contributed by atoms with Crippen molar-refractivity contribution in [3.8, 4) is 0 Å². The fraction of sp³-hybridized carbons (Fsp3) is 0.800. The van der Waals surface area contributed by atoms with Crippen LogP contribution in [0.5, 0.6) is 0 Å². The fourth-order valence-electron chi connectivity index (χ4n) is 1.53. The zero-order valence-corrected chi connectivity index (χ0v) is 12.5. The Morgan fingerprint density at radius 2 is 1.18 bits per heavy atom. The predicted molar refractivity (Wildman–Crippen MR) is 77.7 cm³/mol. The molecule has 0 aromatic rings. The smallest absolute Gasteiger partial charge is 0.315 e. The topological polar surface area (TPSA) is 43.4 Å². The van der Waals surface area contributed by atoms with E-state index in [1.165, 1.54) is 0 Å². The molecule has 0 spiro atoms. The first-order chi connectivity index (χ1) is 8.24. The van der Waals surface area contributed by atoms with Gasteiger partial charge < -0.3 is 4.74 Å². The molecule has 0 aromatic carbocycles. The van der Waals surface area contributed by atoms with Crippen molar-refractivity contribution in [2.45, 2.75) is 22.0 Å². The molecule has 0 amide bonds. The lowest BCUT2D eigenvalue weighted by molar-refractivity contribution is -0.159. The summed E-state index contributed by atoms with van der Waals surface area (Å²) >= 11 is 7.09. The normalized spacial score (nSPS) is 21.9. The van der Waals surface area contributed by atoms with Crippen molar-refractivity contribution < 1.29 is 14.3 Å². The lowest BCUT2D eigenvalue weighted by atomic mass is 10.4. The van der Waals surface area contributed by atoms with Crippen LogP contribution in [-0.2, 0) is 14.3 Å². The number of ether oxygens (including phenoxy) is 1. The summed E-state index contributed by atoms with van der Waals surface area (Å²) in [5, 5.41) is 0. The van der Waals surface area contributed by atoms with Crippen molar-refractivity contribution in [3.05, 3.63) is 0 Å². The molecule has 0 saturated carbocycles. The molecule has 0 bridgehead atoms. The molecule has 2 aliphatic rings. The van der Waals surface area contributed by atoms with Gasteiger partial charge in [0.15, 0.2) is 0 Å². The van der Waals surface area contributed by atoms with Crippen LogP contribution < -0.4 is 0 Å². The van der Waals surface area contributed by atoms with Gasteiger partial charge in [-0.15, -0.1) is 47.0 Å². The van der Waals surface area contributed by atoms with E-state index in [0.717, 1.165) is 23.0 Å². The van der Waals surface area contributed by atoms with E-state index in [2.05, 4.69) is 0 Å². The van der Waals surface area contributed by atoms with Gasteiger partial charge in [0.2, 0.25) is 0 Å². The second kappa shape index (κ2) is 7.21. The van der Waals surface area contributed by atoms with E-state index in [-0.39, 0.29) is 21.1 Å². The van der Waals surface area contributed by atoms with E-state index in [1.54, 1.807) is 47.0 Å². The molecular formula is C10H14O3S4. The van der Waals surface area contributed by atoms with E-state index < -0.39 is 0 Å². The molecule has 2 rings (SSSR count). The molecule has 0 unspecified atom stereocenters. The van der Waals surface area contributed by atoms with Gasteiger partial charge in [-0.05, 0) is 0 Å². The molecule has 2 fully saturated rings. The molecule has 17 heavy (non-hydrogen) atoms. The Morgan fingerprint density at radius 3 is 1.53 bits per heavy atom. The summed E-state index contributed by atoms with van der Waals surface area (Å²) in [5.74, 6) is 3.63. The van der Waals surface area contributed by atoms with Gasteiger partial charge in [-0.1, -0.05) is 0 Å². The summed E-state index contributed by atoms with van der Waals surface area (Å²) in [6, 6.07) is 0. The summed E-state index contributed by atoms with van der Waals surface area (Å²) < 4.78 is 5.41. The number of thioether (sulfide) groups is 4. The van der Waals surface area contributed by atoms with Gasteiger partial charge in [0.1, 0.15) is 0 Å². The van der Waals surface area contributed by atoms with E-state index in [4.69, 9.17) is 4.74 Å². The molecule has 0 atom stereocenters. The molecule has 96 valence electrons. The van der Waals surface area contributed by atoms with Crippen LogP contribution in [-0.4, -0.2) is 44.1 Å². The highest BCUT2D eigenvalue weighted by molar-refractivity contribution is 8.20. The minimum Gasteiger partial charge on any atom is -0.393 e. The molecule has 0 aromatic heterocycles. The van der Waals surface area contributed by atoms with Crippen LogP contribution in [0.1, 0.15) is 12.8 Å². The van der Waals surface area contributed by atoms with Crippen LogP contribution in [0.2, 0.25) is 0 Å². The van der Waals surface area contributed by atoms with Crippen molar-refractivity contribution in [1.29, 1.82) is 0 Å². The van der Waals surface area contributed by atoms with Crippen LogP contribution in [0.3, 0.4) is 0 Å². The van der Waals surface area contributed by atoms with Crippen molar-refractivity contribution in [2.75, 3.05) is 23.0 Å². The number of carbonyl (C=O) groups is 2. The summed E-state index contributed by atoms with van der Waals surface area (Å²) in [7, 11) is 0. The zero-order chi connectivity index (χ0) is 12.1. The Morgan fingerprint density at radius 1 is 0.824 bits per heavy atom. The van der Waals surface area contributed by atoms with Gasteiger partial charge in [-0.2, -0.15) is 0 Å². The first-order valence-electron chi connectivity index (χ1n) is 5.44. The van der Waals surface area contributed by atoms with E-state index in [9.17, 15) is 9.59 Å². The predicted octanol–water partition coefficient (Wildman–Crippen LogP) is 2.45. The second-order valence-electron chi connectivity index (χ2n) is 3.60. The Bertz CT molecular complexity index is 257. The SMILES string of the molecule is O=C(CC1SCCS1)OC(=O)CC1SCCS1. The lowest BCUT2D eigenvalue weighted by Crippen LogP contribution is -2.17. The van der Waals surface area contributed by atoms with Crippen LogP contribution in [0.25, 0.3) is 0 Å². The fourth-order valence-corrected chi connectivity index (χ4v) is 7.06. The highest BCUT2D eigenvalue weighted by atomic mass is 32.2. The third-order valence-electron chi connectivity index (χ3n) is 2.28. The standard InChI is InChI=1S/C10H14O3S4/c11-7(5-9-14-1-2-15-9)13-8(12)6-10-16-3-4-17-10/h9-10H,1-6H2. The van der Waals surface area contributed by atoms with Crippen molar-refractivity contribution in [1.82, 2.24) is 0 Å². The van der Waals surface area contributed by atoms with E-state index in [0.29, 0.717) is 12.8 Å². The Kier molecular flexibility index (Phi) is 5.92. The molecule has 2 heterocycles. The van der Waals surface area contributed by atoms with Gasteiger partial charge >= 0.3 is 11.9 Å². The van der Waals surface area contributed by atoms with Gasteiger partial charge in [-0.25, -0.2) is 0 Å². The van der Waals surface area contributed by atoms with Crippen LogP contribution in [0.15, 0.2) is 0 Å². The number of esters is 2. The van der Waals surface area contributed by atoms with Crippen molar-refractivity contribution in [3.63, 3.8) is 0 Å². The molecule has 0 aliphatic carbocycles. The van der Waals surface area contributed by atoms with Crippen LogP contribution >= 0.6 is 47.0 Å². The number of hydrogen-bond donors (Lipinski definition) is 0. The lowest BCUT2D eigenvalue weighted by Gasteiger charge is -2.09. The monoisotopic (exact) mass is 310 g/mol. The summed E-state index contributed by atoms with van der Waals surface area (Å²) in [6.45, 7) is 0. The third kappa shape index (κ3) is 4.96. The van der Waals surface area contributed by atoms with E-state index in [1.807, 2.05) is 0 Å². The van der Waals surface area contributed by atoms with Gasteiger partial charge in [0.25, 0.3) is 0 Å². The maximum Gasteiger partial charge on any atom is 0.315 e. The Hall–Kier alpha value is 0.540. The van der Waals surface area contributed by atoms with Crippen LogP contribution in [0.4, 0.5) is 0 Å². The largest absolute Gasteiger partial charge is 0.393 e. The molecule has 2 saturated heterocycles. The summed E-state index contributed by atoms with van der Waals surface area (Å²) in [6.07, 6.45) is 0.706. The first-order valence-corrected chi connectivity index (χ1v) is 9.63. The number of carbonyl (C=O) groups excluding carboxylic acids is 2. The van der Waals surface area contributed by atoms with Gasteiger partial charge in [0, 0.05) is 23.0 Å².